The first-order valence-corrected chi connectivity index (χ1v) is 10.9. The van der Waals surface area contributed by atoms with Crippen molar-refractivity contribution in [2.24, 2.45) is 0 Å². The number of benzene rings is 2. The van der Waals surface area contributed by atoms with Gasteiger partial charge in [-0.05, 0) is 50.2 Å². The molecule has 2 unspecified atom stereocenters. The quantitative estimate of drug-likeness (QED) is 0.732. The Bertz CT molecular complexity index is 952. The summed E-state index contributed by atoms with van der Waals surface area (Å²) in [6.45, 7) is 7.09. The minimum atomic E-state index is -3.78. The van der Waals surface area contributed by atoms with Crippen LogP contribution < -0.4 is 13.9 Å². The molecule has 0 aromatic heterocycles. The predicted octanol–water partition coefficient (Wildman–Crippen LogP) is 3.55. The molecule has 1 saturated heterocycles. The van der Waals surface area contributed by atoms with E-state index in [4.69, 9.17) is 0 Å². The molecule has 166 valence electrons. The van der Waals surface area contributed by atoms with Crippen molar-refractivity contribution in [1.29, 1.82) is 0 Å². The van der Waals surface area contributed by atoms with E-state index in [1.807, 2.05) is 18.2 Å². The summed E-state index contributed by atoms with van der Waals surface area (Å²) in [5.41, 5.74) is 1.68. The molecule has 30 heavy (non-hydrogen) atoms. The van der Waals surface area contributed by atoms with E-state index in [0.29, 0.717) is 42.2 Å². The Balaban J connectivity index is 0.00000160. The Hall–Kier alpha value is -1.58. The summed E-state index contributed by atoms with van der Waals surface area (Å²) in [7, 11) is -3.78. The van der Waals surface area contributed by atoms with Gasteiger partial charge in [-0.2, -0.15) is 8.42 Å². The van der Waals surface area contributed by atoms with Gasteiger partial charge in [-0.25, -0.2) is 13.0 Å². The molecule has 10 heteroatoms. The Morgan fingerprint density at radius 2 is 1.50 bits per heavy atom. The smallest absolute Gasteiger partial charge is 0.309 e. The molecule has 2 heterocycles. The van der Waals surface area contributed by atoms with Gasteiger partial charge in [0.15, 0.2) is 0 Å². The fourth-order valence-corrected chi connectivity index (χ4v) is 5.84. The molecule has 1 N–H and O–H groups in total. The lowest BCUT2D eigenvalue weighted by molar-refractivity contribution is 0.178. The van der Waals surface area contributed by atoms with Crippen LogP contribution in [0.5, 0.6) is 0 Å². The van der Waals surface area contributed by atoms with E-state index in [1.54, 1.807) is 6.07 Å². The molecule has 2 aromatic carbocycles. The van der Waals surface area contributed by atoms with E-state index < -0.39 is 16.0 Å². The van der Waals surface area contributed by atoms with Crippen LogP contribution in [-0.4, -0.2) is 51.6 Å². The molecule has 2 aliphatic heterocycles. The lowest BCUT2D eigenvalue weighted by atomic mass is 10.1. The lowest BCUT2D eigenvalue weighted by Gasteiger charge is -2.36. The van der Waals surface area contributed by atoms with Crippen molar-refractivity contribution in [1.82, 2.24) is 10.2 Å². The van der Waals surface area contributed by atoms with Gasteiger partial charge in [-0.3, -0.25) is 4.90 Å². The maximum absolute atomic E-state index is 13.4. The number of fused-ring (bicyclic) bond motifs is 1. The fraction of sp³-hybridized carbons (Fsp3) is 0.400. The van der Waals surface area contributed by atoms with Gasteiger partial charge in [0.25, 0.3) is 0 Å². The molecule has 6 nitrogen and oxygen atoms in total. The van der Waals surface area contributed by atoms with Crippen molar-refractivity contribution in [2.75, 3.05) is 34.8 Å². The van der Waals surface area contributed by atoms with Gasteiger partial charge < -0.3 is 5.32 Å². The average molecular weight is 477 g/mol. The van der Waals surface area contributed by atoms with E-state index >= 15 is 0 Å². The second-order valence-corrected chi connectivity index (χ2v) is 9.24. The van der Waals surface area contributed by atoms with Crippen LogP contribution in [0.1, 0.15) is 13.8 Å². The number of anilines is 3. The minimum absolute atomic E-state index is 0. The highest BCUT2D eigenvalue weighted by molar-refractivity contribution is 7.95. The van der Waals surface area contributed by atoms with Gasteiger partial charge in [0.05, 0.1) is 17.1 Å². The topological polar surface area (TPSA) is 55.9 Å². The number of halogens is 3. The number of nitrogens with one attached hydrogen (secondary N) is 1. The molecule has 2 aliphatic rings. The first kappa shape index (κ1) is 24.7. The summed E-state index contributed by atoms with van der Waals surface area (Å²) in [4.78, 5) is 2.30. The molecule has 1 fully saturated rings. The van der Waals surface area contributed by atoms with Gasteiger partial charge in [0.1, 0.15) is 5.82 Å². The Labute approximate surface area is 190 Å². The van der Waals surface area contributed by atoms with E-state index in [2.05, 4.69) is 24.1 Å². The van der Waals surface area contributed by atoms with E-state index in [9.17, 15) is 12.8 Å². The van der Waals surface area contributed by atoms with Crippen LogP contribution in [0, 0.1) is 5.82 Å². The summed E-state index contributed by atoms with van der Waals surface area (Å²) >= 11 is 0. The van der Waals surface area contributed by atoms with Gasteiger partial charge in [0, 0.05) is 38.3 Å². The van der Waals surface area contributed by atoms with Crippen LogP contribution in [0.25, 0.3) is 0 Å². The van der Waals surface area contributed by atoms with Crippen LogP contribution in [0.4, 0.5) is 21.5 Å². The zero-order valence-corrected chi connectivity index (χ0v) is 19.3. The molecule has 0 bridgehead atoms. The first-order chi connectivity index (χ1) is 13.4. The Morgan fingerprint density at radius 1 is 0.933 bits per heavy atom. The normalized spacial score (nSPS) is 22.8. The van der Waals surface area contributed by atoms with Crippen LogP contribution in [0.15, 0.2) is 48.5 Å². The monoisotopic (exact) mass is 476 g/mol. The van der Waals surface area contributed by atoms with Crippen molar-refractivity contribution in [2.45, 2.75) is 25.9 Å². The minimum Gasteiger partial charge on any atom is -0.309 e. The number of nitrogens with zero attached hydrogens (tertiary/aromatic N) is 3. The van der Waals surface area contributed by atoms with E-state index in [0.717, 1.165) is 13.1 Å². The number of para-hydroxylation sites is 2. The Morgan fingerprint density at radius 3 is 2.10 bits per heavy atom. The third-order valence-electron chi connectivity index (χ3n) is 5.19. The summed E-state index contributed by atoms with van der Waals surface area (Å²) in [6.07, 6.45) is 0. The third kappa shape index (κ3) is 4.68. The number of hydrogen-bond donors (Lipinski definition) is 1. The lowest BCUT2D eigenvalue weighted by Crippen LogP contribution is -2.55. The average Bonchev–Trinajstić information content (AvgIpc) is 2.86. The SMILES string of the molecule is CC1CN(CCN2c3ccccc3N(c3ccc(F)cc3)S2(=O)=O)CC(C)N1.Cl.Cl. The van der Waals surface area contributed by atoms with Gasteiger partial charge >= 0.3 is 10.2 Å². The highest BCUT2D eigenvalue weighted by atomic mass is 35.5. The fourth-order valence-electron chi connectivity index (χ4n) is 4.13. The van der Waals surface area contributed by atoms with Crippen LogP contribution in [0.2, 0.25) is 0 Å². The summed E-state index contributed by atoms with van der Waals surface area (Å²) < 4.78 is 42.8. The molecule has 0 radical (unpaired) electrons. The van der Waals surface area contributed by atoms with Crippen LogP contribution in [0.3, 0.4) is 0 Å². The van der Waals surface area contributed by atoms with Crippen LogP contribution in [-0.2, 0) is 10.2 Å². The zero-order chi connectivity index (χ0) is 19.9. The number of hydrogen-bond acceptors (Lipinski definition) is 4. The van der Waals surface area contributed by atoms with E-state index in [-0.39, 0.29) is 24.8 Å². The predicted molar refractivity (Wildman–Crippen MR) is 124 cm³/mol. The molecular weight excluding hydrogens is 450 g/mol. The third-order valence-corrected chi connectivity index (χ3v) is 7.00. The molecule has 2 aromatic rings. The standard InChI is InChI=1S/C20H25FN4O2S.2ClH/c1-15-13-23(14-16(2)22-15)11-12-24-19-5-3-4-6-20(19)25(28(24,26)27)18-9-7-17(21)8-10-18;;/h3-10,15-16,22H,11-14H2,1-2H3;2*1H. The second kappa shape index (κ2) is 9.70. The van der Waals surface area contributed by atoms with Gasteiger partial charge in [0.2, 0.25) is 0 Å². The van der Waals surface area contributed by atoms with E-state index in [1.165, 1.54) is 32.9 Å². The molecule has 0 amide bonds. The summed E-state index contributed by atoms with van der Waals surface area (Å²) in [6, 6.07) is 13.5. The zero-order valence-electron chi connectivity index (χ0n) is 16.9. The van der Waals surface area contributed by atoms with Crippen molar-refractivity contribution >= 4 is 52.1 Å². The Kier molecular flexibility index (Phi) is 7.98. The van der Waals surface area contributed by atoms with Crippen molar-refractivity contribution in [3.05, 3.63) is 54.3 Å². The maximum Gasteiger partial charge on any atom is 0.331 e. The highest BCUT2D eigenvalue weighted by Crippen LogP contribution is 2.44. The van der Waals surface area contributed by atoms with Gasteiger partial charge in [-0.1, -0.05) is 12.1 Å². The highest BCUT2D eigenvalue weighted by Gasteiger charge is 2.41. The molecule has 0 spiro atoms. The molecule has 4 rings (SSSR count). The van der Waals surface area contributed by atoms with Crippen molar-refractivity contribution in [3.63, 3.8) is 0 Å². The number of piperazine rings is 1. The van der Waals surface area contributed by atoms with Crippen molar-refractivity contribution < 1.29 is 12.8 Å². The van der Waals surface area contributed by atoms with Crippen molar-refractivity contribution in [3.8, 4) is 0 Å². The molecular formula is C20H27Cl2FN4O2S. The largest absolute Gasteiger partial charge is 0.331 e. The summed E-state index contributed by atoms with van der Waals surface area (Å²) in [5, 5.41) is 3.49. The first-order valence-electron chi connectivity index (χ1n) is 9.52. The maximum atomic E-state index is 13.4. The number of rotatable bonds is 4. The molecule has 0 saturated carbocycles. The summed E-state index contributed by atoms with van der Waals surface area (Å²) in [5.74, 6) is -0.396. The molecule has 2 atom stereocenters. The molecule has 0 aliphatic carbocycles. The van der Waals surface area contributed by atoms with Crippen LogP contribution >= 0.6 is 24.8 Å². The second-order valence-electron chi connectivity index (χ2n) is 7.54. The van der Waals surface area contributed by atoms with Gasteiger partial charge in [-0.15, -0.1) is 24.8 Å².